The second-order valence-corrected chi connectivity index (χ2v) is 12.1. The molecule has 0 bridgehead atoms. The second-order valence-electron chi connectivity index (χ2n) is 12.1. The number of phenolic OH excluding ortho intramolecular Hbond substituents is 12. The van der Waals surface area contributed by atoms with Crippen LogP contribution in [0.5, 0.6) is 69.0 Å². The highest BCUT2D eigenvalue weighted by Gasteiger charge is 2.53. The lowest BCUT2D eigenvalue weighted by Gasteiger charge is -2.42. The molecule has 1 aliphatic carbocycles. The maximum atomic E-state index is 13.9. The number of esters is 4. The Morgan fingerprint density at radius 1 is 0.491 bits per heavy atom. The lowest BCUT2D eigenvalue weighted by atomic mass is 9.85. The number of rotatable bonds is 4. The molecule has 1 heterocycles. The first kappa shape index (κ1) is 37.1. The summed E-state index contributed by atoms with van der Waals surface area (Å²) >= 11 is 0. The molecule has 0 unspecified atom stereocenters. The molecule has 288 valence electrons. The molecule has 21 nitrogen and oxygen atoms in total. The van der Waals surface area contributed by atoms with E-state index in [1.807, 2.05) is 0 Å². The first-order valence-corrected chi connectivity index (χ1v) is 15.4. The fraction of sp³-hybridized carbons (Fsp3) is 0.176. The van der Waals surface area contributed by atoms with E-state index in [9.17, 15) is 85.6 Å². The highest BCUT2D eigenvalue weighted by atomic mass is 16.6. The molecule has 4 aromatic carbocycles. The Morgan fingerprint density at radius 2 is 0.836 bits per heavy atom. The maximum Gasteiger partial charge on any atom is 0.339 e. The van der Waals surface area contributed by atoms with Crippen molar-refractivity contribution in [3.63, 3.8) is 0 Å². The summed E-state index contributed by atoms with van der Waals surface area (Å²) < 4.78 is 21.8. The first-order valence-electron chi connectivity index (χ1n) is 15.4. The van der Waals surface area contributed by atoms with Gasteiger partial charge < -0.3 is 85.3 Å². The van der Waals surface area contributed by atoms with E-state index in [0.29, 0.717) is 36.4 Å². The van der Waals surface area contributed by atoms with Crippen LogP contribution in [0, 0.1) is 0 Å². The number of benzene rings is 4. The third kappa shape index (κ3) is 6.28. The van der Waals surface area contributed by atoms with Crippen molar-refractivity contribution in [1.82, 2.24) is 0 Å². The van der Waals surface area contributed by atoms with E-state index in [-0.39, 0.29) is 0 Å². The zero-order chi connectivity index (χ0) is 40.4. The smallest absolute Gasteiger partial charge is 0.339 e. The van der Waals surface area contributed by atoms with Crippen LogP contribution in [0.15, 0.2) is 36.4 Å². The van der Waals surface area contributed by atoms with Crippen molar-refractivity contribution < 1.29 is 105 Å². The second kappa shape index (κ2) is 13.4. The summed E-state index contributed by atoms with van der Waals surface area (Å²) in [4.78, 5) is 54.3. The van der Waals surface area contributed by atoms with Gasteiger partial charge in [-0.1, -0.05) is 0 Å². The van der Waals surface area contributed by atoms with Gasteiger partial charge in [-0.05, 0) is 36.4 Å². The van der Waals surface area contributed by atoms with Gasteiger partial charge in [-0.3, -0.25) is 0 Å². The Morgan fingerprint density at radius 3 is 1.24 bits per heavy atom. The normalized spacial score (nSPS) is 20.5. The standard InChI is InChI=1S/C34H26O21/c35-12-1-8(2-13(36)22(12)41)31(48)52-18-7-19(53-32(49)9-3-14(37)23(42)15(38)4-9)29-30(26(18)45)55-34(51)11-6-17(40)25(44)28(47)21(11)20-10(33(50)54-29)5-16(39)24(43)27(20)46/h1-6,18-19,26,29-30,35-47H,7H2/t18-,19-,26+,29+,30+/m1/s1. The minimum absolute atomic E-state index is 0.486. The zero-order valence-corrected chi connectivity index (χ0v) is 27.1. The molecule has 1 saturated carbocycles. The monoisotopic (exact) mass is 770 g/mol. The van der Waals surface area contributed by atoms with Crippen LogP contribution in [-0.4, -0.2) is 121 Å². The van der Waals surface area contributed by atoms with Gasteiger partial charge in [-0.25, -0.2) is 19.2 Å². The van der Waals surface area contributed by atoms with E-state index in [4.69, 9.17) is 18.9 Å². The molecular formula is C34H26O21. The van der Waals surface area contributed by atoms with Crippen LogP contribution in [0.1, 0.15) is 47.9 Å². The highest BCUT2D eigenvalue weighted by molar-refractivity contribution is 6.08. The third-order valence-electron chi connectivity index (χ3n) is 8.68. The van der Waals surface area contributed by atoms with Crippen LogP contribution >= 0.6 is 0 Å². The third-order valence-corrected chi connectivity index (χ3v) is 8.68. The van der Waals surface area contributed by atoms with Crippen LogP contribution in [0.25, 0.3) is 11.1 Å². The molecule has 0 amide bonds. The number of carbonyl (C=O) groups is 4. The molecule has 13 N–H and O–H groups in total. The van der Waals surface area contributed by atoms with Gasteiger partial charge in [-0.2, -0.15) is 0 Å². The van der Waals surface area contributed by atoms with E-state index in [1.54, 1.807) is 0 Å². The first-order chi connectivity index (χ1) is 25.8. The summed E-state index contributed by atoms with van der Waals surface area (Å²) in [5.74, 6) is -19.8. The Labute approximate surface area is 304 Å². The van der Waals surface area contributed by atoms with Crippen molar-refractivity contribution in [2.24, 2.45) is 0 Å². The molecule has 0 saturated heterocycles. The summed E-state index contributed by atoms with van der Waals surface area (Å²) in [5.41, 5.74) is -5.11. The number of hydrogen-bond donors (Lipinski definition) is 13. The predicted octanol–water partition coefficient (Wildman–Crippen LogP) is 1.10. The van der Waals surface area contributed by atoms with Gasteiger partial charge in [0.25, 0.3) is 0 Å². The highest BCUT2D eigenvalue weighted by Crippen LogP contribution is 2.53. The molecule has 0 spiro atoms. The Hall–Kier alpha value is -7.68. The van der Waals surface area contributed by atoms with Gasteiger partial charge in [0.05, 0.1) is 22.3 Å². The van der Waals surface area contributed by atoms with E-state index in [1.165, 1.54) is 0 Å². The van der Waals surface area contributed by atoms with Crippen molar-refractivity contribution in [1.29, 1.82) is 0 Å². The topological polar surface area (TPSA) is 368 Å². The number of aromatic hydroxyl groups is 12. The van der Waals surface area contributed by atoms with E-state index < -0.39 is 163 Å². The van der Waals surface area contributed by atoms with Crippen molar-refractivity contribution in [3.05, 3.63) is 58.7 Å². The van der Waals surface area contributed by atoms with Crippen molar-refractivity contribution >= 4 is 23.9 Å². The maximum absolute atomic E-state index is 13.9. The van der Waals surface area contributed by atoms with E-state index in [2.05, 4.69) is 0 Å². The fourth-order valence-corrected chi connectivity index (χ4v) is 5.98. The molecule has 1 aliphatic heterocycles. The molecule has 6 rings (SSSR count). The summed E-state index contributed by atoms with van der Waals surface area (Å²) in [7, 11) is 0. The van der Waals surface area contributed by atoms with Crippen LogP contribution in [-0.2, 0) is 18.9 Å². The molecule has 1 fully saturated rings. The number of aliphatic hydroxyl groups is 1. The molecule has 5 atom stereocenters. The van der Waals surface area contributed by atoms with Gasteiger partial charge in [0.15, 0.2) is 69.7 Å². The van der Waals surface area contributed by atoms with Gasteiger partial charge in [0.2, 0.25) is 11.5 Å². The van der Waals surface area contributed by atoms with Crippen molar-refractivity contribution in [2.75, 3.05) is 0 Å². The largest absolute Gasteiger partial charge is 0.504 e. The summed E-state index contributed by atoms with van der Waals surface area (Å²) in [6.07, 6.45) is -11.4. The molecule has 4 aromatic rings. The van der Waals surface area contributed by atoms with Crippen LogP contribution in [0.2, 0.25) is 0 Å². The molecule has 0 aromatic heterocycles. The average Bonchev–Trinajstić information content (AvgIpc) is 3.13. The van der Waals surface area contributed by atoms with Gasteiger partial charge in [-0.15, -0.1) is 0 Å². The predicted molar refractivity (Wildman–Crippen MR) is 172 cm³/mol. The molecule has 21 heteroatoms. The molecule has 55 heavy (non-hydrogen) atoms. The van der Waals surface area contributed by atoms with Crippen LogP contribution in [0.4, 0.5) is 0 Å². The Bertz CT molecular complexity index is 2270. The fourth-order valence-electron chi connectivity index (χ4n) is 5.98. The van der Waals surface area contributed by atoms with E-state index in [0.717, 1.165) is 0 Å². The van der Waals surface area contributed by atoms with Gasteiger partial charge in [0, 0.05) is 17.5 Å². The molecular weight excluding hydrogens is 744 g/mol. The minimum Gasteiger partial charge on any atom is -0.504 e. The number of ether oxygens (including phenoxy) is 4. The SMILES string of the molecule is O=C(O[C@@H]1C[C@@H](OC(=O)c2cc(O)c(O)c(O)c2)[C@@H]2OC(=O)c3cc(O)c(O)c(O)c3-c3c(cc(O)c(O)c3O)C(=O)O[C@H]2[C@H]1O)c1cc(O)c(O)c(O)c1. The molecule has 2 aliphatic rings. The Balaban J connectivity index is 1.50. The average molecular weight is 771 g/mol. The number of carbonyl (C=O) groups excluding carboxylic acids is 4. The number of fused-ring (bicyclic) bond motifs is 4. The lowest BCUT2D eigenvalue weighted by Crippen LogP contribution is -2.60. The number of hydrogen-bond acceptors (Lipinski definition) is 21. The zero-order valence-electron chi connectivity index (χ0n) is 27.1. The quantitative estimate of drug-likeness (QED) is 0.0784. The number of aliphatic hydroxyl groups excluding tert-OH is 1. The van der Waals surface area contributed by atoms with E-state index >= 15 is 0 Å². The summed E-state index contributed by atoms with van der Waals surface area (Å²) in [6.45, 7) is 0. The lowest BCUT2D eigenvalue weighted by molar-refractivity contribution is -0.181. The van der Waals surface area contributed by atoms with Crippen LogP contribution in [0.3, 0.4) is 0 Å². The summed E-state index contributed by atoms with van der Waals surface area (Å²) in [6, 6.07) is 3.59. The van der Waals surface area contributed by atoms with Crippen molar-refractivity contribution in [3.8, 4) is 80.1 Å². The van der Waals surface area contributed by atoms with Gasteiger partial charge in [0.1, 0.15) is 18.3 Å². The number of phenols is 12. The Kier molecular flexibility index (Phi) is 9.02. The molecule has 0 radical (unpaired) electrons. The summed E-state index contributed by atoms with van der Waals surface area (Å²) in [5, 5.41) is 133. The van der Waals surface area contributed by atoms with Gasteiger partial charge >= 0.3 is 23.9 Å². The van der Waals surface area contributed by atoms with Crippen LogP contribution < -0.4 is 0 Å². The minimum atomic E-state index is -2.27. The van der Waals surface area contributed by atoms with Crippen molar-refractivity contribution in [2.45, 2.75) is 36.9 Å².